The van der Waals surface area contributed by atoms with Gasteiger partial charge in [-0.2, -0.15) is 5.10 Å². The summed E-state index contributed by atoms with van der Waals surface area (Å²) in [6, 6.07) is 11.5. The highest BCUT2D eigenvalue weighted by molar-refractivity contribution is 5.26. The summed E-state index contributed by atoms with van der Waals surface area (Å²) >= 11 is 0. The fourth-order valence-electron chi connectivity index (χ4n) is 2.71. The Morgan fingerprint density at radius 2 is 1.58 bits per heavy atom. The van der Waals surface area contributed by atoms with Gasteiger partial charge in [0.25, 0.3) is 0 Å². The van der Waals surface area contributed by atoms with Gasteiger partial charge in [0.15, 0.2) is 0 Å². The van der Waals surface area contributed by atoms with Crippen molar-refractivity contribution in [3.05, 3.63) is 77.4 Å². The first-order chi connectivity index (χ1) is 11.6. The van der Waals surface area contributed by atoms with Gasteiger partial charge in [0.1, 0.15) is 5.75 Å². The minimum atomic E-state index is 0.294. The van der Waals surface area contributed by atoms with E-state index in [9.17, 15) is 5.11 Å². The lowest BCUT2D eigenvalue weighted by Crippen LogP contribution is -2.22. The monoisotopic (exact) mass is 322 g/mol. The maximum atomic E-state index is 9.47. The molecule has 0 aliphatic carbocycles. The molecule has 2 heterocycles. The van der Waals surface area contributed by atoms with Gasteiger partial charge in [-0.1, -0.05) is 12.1 Å². The molecule has 5 heteroatoms. The van der Waals surface area contributed by atoms with Crippen LogP contribution in [0.4, 0.5) is 0 Å². The number of rotatable bonds is 6. The lowest BCUT2D eigenvalue weighted by Gasteiger charge is -2.22. The Labute approximate surface area is 142 Å². The Morgan fingerprint density at radius 3 is 2.17 bits per heavy atom. The summed E-state index contributed by atoms with van der Waals surface area (Å²) in [6.45, 7) is 4.55. The fraction of sp³-hybridized carbons (Fsp3) is 0.263. The van der Waals surface area contributed by atoms with Gasteiger partial charge in [-0.15, -0.1) is 0 Å². The fourth-order valence-corrected chi connectivity index (χ4v) is 2.71. The molecule has 0 unspecified atom stereocenters. The number of phenols is 1. The molecule has 1 N–H and O–H groups in total. The number of hydrogen-bond acceptors (Lipinski definition) is 4. The molecule has 0 aliphatic heterocycles. The molecule has 124 valence electrons. The summed E-state index contributed by atoms with van der Waals surface area (Å²) in [6.07, 6.45) is 5.58. The van der Waals surface area contributed by atoms with Crippen molar-refractivity contribution < 1.29 is 5.11 Å². The van der Waals surface area contributed by atoms with Crippen LogP contribution >= 0.6 is 0 Å². The predicted molar refractivity (Wildman–Crippen MR) is 93.2 cm³/mol. The second-order valence-corrected chi connectivity index (χ2v) is 6.05. The largest absolute Gasteiger partial charge is 0.508 e. The van der Waals surface area contributed by atoms with Gasteiger partial charge in [0, 0.05) is 50.3 Å². The van der Waals surface area contributed by atoms with Crippen LogP contribution in [0.2, 0.25) is 0 Å². The molecule has 3 aromatic rings. The van der Waals surface area contributed by atoms with Crippen molar-refractivity contribution >= 4 is 0 Å². The Bertz CT molecular complexity index is 781. The third kappa shape index (κ3) is 4.00. The van der Waals surface area contributed by atoms with Crippen LogP contribution in [0, 0.1) is 6.92 Å². The van der Waals surface area contributed by atoms with E-state index in [1.807, 2.05) is 54.6 Å². The zero-order chi connectivity index (χ0) is 16.9. The van der Waals surface area contributed by atoms with Crippen LogP contribution < -0.4 is 0 Å². The maximum absolute atomic E-state index is 9.47. The molecule has 1 aromatic carbocycles. The molecular weight excluding hydrogens is 300 g/mol. The number of aromatic nitrogens is 3. The van der Waals surface area contributed by atoms with Crippen molar-refractivity contribution in [3.8, 4) is 5.75 Å². The Balaban J connectivity index is 1.79. The highest BCUT2D eigenvalue weighted by Gasteiger charge is 2.12. The molecule has 0 fully saturated rings. The van der Waals surface area contributed by atoms with E-state index in [0.717, 1.165) is 19.6 Å². The molecule has 0 aliphatic rings. The second-order valence-electron chi connectivity index (χ2n) is 6.05. The van der Waals surface area contributed by atoms with Gasteiger partial charge in [0.05, 0.1) is 6.20 Å². The zero-order valence-electron chi connectivity index (χ0n) is 14.1. The molecule has 3 rings (SSSR count). The van der Waals surface area contributed by atoms with Crippen LogP contribution in [0.1, 0.15) is 22.4 Å². The Morgan fingerprint density at radius 1 is 0.958 bits per heavy atom. The van der Waals surface area contributed by atoms with E-state index in [4.69, 9.17) is 0 Å². The Kier molecular flexibility index (Phi) is 4.91. The lowest BCUT2D eigenvalue weighted by molar-refractivity contribution is 0.247. The summed E-state index contributed by atoms with van der Waals surface area (Å²) in [5.41, 5.74) is 4.81. The number of hydrogen-bond donors (Lipinski definition) is 1. The first-order valence-electron chi connectivity index (χ1n) is 7.98. The number of aryl methyl sites for hydroxylation is 1. The standard InChI is InChI=1S/C19H22N4O/c1-15-18(11-21-22(15)2)14-23(13-17-7-9-20-10-8-17)12-16-3-5-19(24)6-4-16/h3-11,24H,12-14H2,1-2H3. The van der Waals surface area contributed by atoms with E-state index in [-0.39, 0.29) is 0 Å². The summed E-state index contributed by atoms with van der Waals surface area (Å²) in [4.78, 5) is 6.45. The van der Waals surface area contributed by atoms with Crippen LogP contribution in [-0.2, 0) is 26.7 Å². The predicted octanol–water partition coefficient (Wildman–Crippen LogP) is 3.03. The molecule has 0 bridgehead atoms. The SMILES string of the molecule is Cc1c(CN(Cc2ccncc2)Cc2ccc(O)cc2)cnn1C. The van der Waals surface area contributed by atoms with E-state index in [1.165, 1.54) is 22.4 Å². The van der Waals surface area contributed by atoms with Crippen molar-refractivity contribution in [3.63, 3.8) is 0 Å². The molecule has 0 atom stereocenters. The average molecular weight is 322 g/mol. The summed E-state index contributed by atoms with van der Waals surface area (Å²) < 4.78 is 1.90. The zero-order valence-corrected chi connectivity index (χ0v) is 14.1. The van der Waals surface area contributed by atoms with Crippen LogP contribution in [-0.4, -0.2) is 24.8 Å². The van der Waals surface area contributed by atoms with Gasteiger partial charge < -0.3 is 5.11 Å². The van der Waals surface area contributed by atoms with E-state index < -0.39 is 0 Å². The van der Waals surface area contributed by atoms with Crippen molar-refractivity contribution in [1.82, 2.24) is 19.7 Å². The van der Waals surface area contributed by atoms with Crippen molar-refractivity contribution in [2.75, 3.05) is 0 Å². The van der Waals surface area contributed by atoms with Crippen molar-refractivity contribution in [2.45, 2.75) is 26.6 Å². The van der Waals surface area contributed by atoms with E-state index in [2.05, 4.69) is 21.9 Å². The minimum Gasteiger partial charge on any atom is -0.508 e. The highest BCUT2D eigenvalue weighted by atomic mass is 16.3. The minimum absolute atomic E-state index is 0.294. The quantitative estimate of drug-likeness (QED) is 0.758. The molecular formula is C19H22N4O. The molecule has 24 heavy (non-hydrogen) atoms. The van der Waals surface area contributed by atoms with E-state index in [0.29, 0.717) is 5.75 Å². The van der Waals surface area contributed by atoms with Crippen molar-refractivity contribution in [1.29, 1.82) is 0 Å². The first kappa shape index (κ1) is 16.2. The summed E-state index contributed by atoms with van der Waals surface area (Å²) in [5.74, 6) is 0.294. The average Bonchev–Trinajstić information content (AvgIpc) is 2.90. The second kappa shape index (κ2) is 7.27. The smallest absolute Gasteiger partial charge is 0.115 e. The number of pyridine rings is 1. The van der Waals surface area contributed by atoms with E-state index in [1.54, 1.807) is 12.1 Å². The van der Waals surface area contributed by atoms with Gasteiger partial charge in [-0.3, -0.25) is 14.6 Å². The first-order valence-corrected chi connectivity index (χ1v) is 7.98. The number of benzene rings is 1. The normalized spacial score (nSPS) is 11.1. The van der Waals surface area contributed by atoms with Crippen LogP contribution in [0.15, 0.2) is 55.0 Å². The molecule has 0 saturated carbocycles. The Hall–Kier alpha value is -2.66. The van der Waals surface area contributed by atoms with Crippen molar-refractivity contribution in [2.24, 2.45) is 7.05 Å². The molecule has 0 saturated heterocycles. The van der Waals surface area contributed by atoms with Crippen LogP contribution in [0.5, 0.6) is 5.75 Å². The van der Waals surface area contributed by atoms with Gasteiger partial charge in [0.2, 0.25) is 0 Å². The third-order valence-corrected chi connectivity index (χ3v) is 4.23. The van der Waals surface area contributed by atoms with Crippen LogP contribution in [0.25, 0.3) is 0 Å². The number of aromatic hydroxyl groups is 1. The molecule has 5 nitrogen and oxygen atoms in total. The lowest BCUT2D eigenvalue weighted by atomic mass is 10.1. The number of phenolic OH excluding ortho intramolecular Hbond substituents is 1. The molecule has 0 amide bonds. The van der Waals surface area contributed by atoms with Gasteiger partial charge >= 0.3 is 0 Å². The molecule has 0 radical (unpaired) electrons. The molecule has 2 aromatic heterocycles. The maximum Gasteiger partial charge on any atom is 0.115 e. The third-order valence-electron chi connectivity index (χ3n) is 4.23. The van der Waals surface area contributed by atoms with E-state index >= 15 is 0 Å². The van der Waals surface area contributed by atoms with Gasteiger partial charge in [-0.05, 0) is 42.3 Å². The summed E-state index contributed by atoms with van der Waals surface area (Å²) in [7, 11) is 1.96. The molecule has 0 spiro atoms. The number of nitrogens with zero attached hydrogens (tertiary/aromatic N) is 4. The van der Waals surface area contributed by atoms with Gasteiger partial charge in [-0.25, -0.2) is 0 Å². The topological polar surface area (TPSA) is 54.2 Å². The highest BCUT2D eigenvalue weighted by Crippen LogP contribution is 2.17. The summed E-state index contributed by atoms with van der Waals surface area (Å²) in [5, 5.41) is 13.8. The van der Waals surface area contributed by atoms with Crippen LogP contribution in [0.3, 0.4) is 0 Å².